The Morgan fingerprint density at radius 2 is 1.40 bits per heavy atom. The van der Waals surface area contributed by atoms with Gasteiger partial charge in [0.2, 0.25) is 0 Å². The summed E-state index contributed by atoms with van der Waals surface area (Å²) >= 11 is 3.79. The van der Waals surface area contributed by atoms with Gasteiger partial charge in [-0.05, 0) is 35.1 Å². The number of methoxy groups -OCH3 is 1. The van der Waals surface area contributed by atoms with Gasteiger partial charge in [-0.25, -0.2) is 0 Å². The van der Waals surface area contributed by atoms with Gasteiger partial charge in [-0.3, -0.25) is 0 Å². The molecule has 0 heterocycles. The van der Waals surface area contributed by atoms with Gasteiger partial charge < -0.3 is 4.74 Å². The topological polar surface area (TPSA) is 9.23 Å². The Bertz CT molecular complexity index is 516. The average Bonchev–Trinajstić information content (AvgIpc) is 2.53. The van der Waals surface area contributed by atoms with Crippen LogP contribution in [0.15, 0.2) is 48.5 Å². The third-order valence-electron chi connectivity index (χ3n) is 3.55. The maximum Gasteiger partial charge on any atom is 0.0644 e. The summed E-state index contributed by atoms with van der Waals surface area (Å²) in [7, 11) is 1.74. The summed E-state index contributed by atoms with van der Waals surface area (Å²) in [4.78, 5) is 0.255. The summed E-state index contributed by atoms with van der Waals surface area (Å²) < 4.78 is 5.11. The molecule has 1 atom stereocenters. The first-order chi connectivity index (χ1) is 9.74. The molecule has 0 aliphatic heterocycles. The Hall–Kier alpha value is -1.12. The van der Waals surface area contributed by atoms with E-state index >= 15 is 0 Å². The van der Waals surface area contributed by atoms with E-state index in [9.17, 15) is 0 Å². The van der Waals surface area contributed by atoms with Crippen molar-refractivity contribution in [1.82, 2.24) is 0 Å². The van der Waals surface area contributed by atoms with Crippen LogP contribution >= 0.6 is 15.9 Å². The van der Waals surface area contributed by atoms with E-state index in [1.165, 1.54) is 22.3 Å². The van der Waals surface area contributed by atoms with Gasteiger partial charge in [-0.2, -0.15) is 0 Å². The Morgan fingerprint density at radius 1 is 0.900 bits per heavy atom. The molecule has 1 nitrogen and oxygen atoms in total. The highest BCUT2D eigenvalue weighted by molar-refractivity contribution is 9.09. The molecule has 0 spiro atoms. The normalized spacial score (nSPS) is 12.3. The number of halogens is 1. The number of aryl methyl sites for hydroxylation is 1. The molecule has 0 aliphatic carbocycles. The van der Waals surface area contributed by atoms with Crippen LogP contribution in [-0.2, 0) is 17.6 Å². The molecule has 20 heavy (non-hydrogen) atoms. The van der Waals surface area contributed by atoms with E-state index in [-0.39, 0.29) is 4.83 Å². The molecule has 2 heteroatoms. The fourth-order valence-corrected chi connectivity index (χ4v) is 2.80. The van der Waals surface area contributed by atoms with Crippen molar-refractivity contribution < 1.29 is 4.74 Å². The molecule has 0 radical (unpaired) electrons. The summed E-state index contributed by atoms with van der Waals surface area (Å²) in [5.41, 5.74) is 5.28. The van der Waals surface area contributed by atoms with Crippen LogP contribution in [0.3, 0.4) is 0 Å². The summed E-state index contributed by atoms with van der Waals surface area (Å²) in [5, 5.41) is 0. The van der Waals surface area contributed by atoms with Gasteiger partial charge in [0, 0.05) is 7.11 Å². The lowest BCUT2D eigenvalue weighted by molar-refractivity contribution is 0.202. The van der Waals surface area contributed by atoms with Gasteiger partial charge in [-0.15, -0.1) is 0 Å². The molecule has 2 rings (SSSR count). The molecule has 0 saturated carbocycles. The largest absolute Gasteiger partial charge is 0.384 e. The van der Waals surface area contributed by atoms with Crippen molar-refractivity contribution in [2.24, 2.45) is 0 Å². The Balaban J connectivity index is 2.09. The average molecular weight is 333 g/mol. The lowest BCUT2D eigenvalue weighted by Crippen LogP contribution is -1.96. The molecule has 106 valence electrons. The van der Waals surface area contributed by atoms with Gasteiger partial charge in [0.15, 0.2) is 0 Å². The summed E-state index contributed by atoms with van der Waals surface area (Å²) in [6, 6.07) is 17.6. The first-order valence-corrected chi connectivity index (χ1v) is 7.97. The predicted octanol–water partition coefficient (Wildman–Crippen LogP) is 4.92. The Labute approximate surface area is 130 Å². The number of ether oxygens (including phenoxy) is 1. The van der Waals surface area contributed by atoms with E-state index in [4.69, 9.17) is 4.74 Å². The van der Waals surface area contributed by atoms with E-state index < -0.39 is 0 Å². The van der Waals surface area contributed by atoms with Crippen LogP contribution in [0.5, 0.6) is 0 Å². The number of benzene rings is 2. The molecular weight excluding hydrogens is 312 g/mol. The second-order valence-corrected chi connectivity index (χ2v) is 5.86. The van der Waals surface area contributed by atoms with Crippen molar-refractivity contribution >= 4 is 15.9 Å². The highest BCUT2D eigenvalue weighted by Crippen LogP contribution is 2.31. The highest BCUT2D eigenvalue weighted by Gasteiger charge is 2.09. The second kappa shape index (κ2) is 7.61. The molecule has 0 aliphatic rings. The van der Waals surface area contributed by atoms with E-state index in [0.717, 1.165) is 19.4 Å². The molecule has 0 saturated heterocycles. The van der Waals surface area contributed by atoms with Crippen molar-refractivity contribution in [2.75, 3.05) is 13.7 Å². The first kappa shape index (κ1) is 15.3. The third-order valence-corrected chi connectivity index (χ3v) is 4.61. The van der Waals surface area contributed by atoms with Crippen LogP contribution < -0.4 is 0 Å². The number of hydrogen-bond acceptors (Lipinski definition) is 1. The number of alkyl halides is 1. The maximum atomic E-state index is 5.11. The SMILES string of the molecule is CCc1ccc(C(Br)c2ccc(CCOC)cc2)cc1. The van der Waals surface area contributed by atoms with E-state index in [1.807, 2.05) is 0 Å². The highest BCUT2D eigenvalue weighted by atomic mass is 79.9. The predicted molar refractivity (Wildman–Crippen MR) is 88.6 cm³/mol. The maximum absolute atomic E-state index is 5.11. The zero-order chi connectivity index (χ0) is 14.4. The zero-order valence-corrected chi connectivity index (χ0v) is 13.7. The van der Waals surface area contributed by atoms with Crippen molar-refractivity contribution in [3.8, 4) is 0 Å². The van der Waals surface area contributed by atoms with Crippen molar-refractivity contribution in [3.05, 3.63) is 70.8 Å². The molecular formula is C18H21BrO. The van der Waals surface area contributed by atoms with Crippen LogP contribution in [-0.4, -0.2) is 13.7 Å². The lowest BCUT2D eigenvalue weighted by Gasteiger charge is -2.12. The number of hydrogen-bond donors (Lipinski definition) is 0. The van der Waals surface area contributed by atoms with E-state index in [1.54, 1.807) is 7.11 Å². The zero-order valence-electron chi connectivity index (χ0n) is 12.1. The van der Waals surface area contributed by atoms with Gasteiger partial charge in [0.25, 0.3) is 0 Å². The minimum absolute atomic E-state index is 0.255. The molecule has 0 aromatic heterocycles. The smallest absolute Gasteiger partial charge is 0.0644 e. The molecule has 0 fully saturated rings. The first-order valence-electron chi connectivity index (χ1n) is 7.05. The van der Waals surface area contributed by atoms with Gasteiger partial charge in [0.05, 0.1) is 11.4 Å². The Morgan fingerprint density at radius 3 is 1.85 bits per heavy atom. The third kappa shape index (κ3) is 3.94. The summed E-state index contributed by atoms with van der Waals surface area (Å²) in [6.45, 7) is 2.95. The quantitative estimate of drug-likeness (QED) is 0.682. The van der Waals surface area contributed by atoms with E-state index in [2.05, 4.69) is 71.4 Å². The van der Waals surface area contributed by atoms with Crippen molar-refractivity contribution in [1.29, 1.82) is 0 Å². The van der Waals surface area contributed by atoms with Gasteiger partial charge in [0.1, 0.15) is 0 Å². The summed E-state index contributed by atoms with van der Waals surface area (Å²) in [5.74, 6) is 0. The molecule has 1 unspecified atom stereocenters. The minimum atomic E-state index is 0.255. The fraction of sp³-hybridized carbons (Fsp3) is 0.333. The van der Waals surface area contributed by atoms with Crippen LogP contribution in [0.2, 0.25) is 0 Å². The fourth-order valence-electron chi connectivity index (χ4n) is 2.19. The van der Waals surface area contributed by atoms with Crippen molar-refractivity contribution in [2.45, 2.75) is 24.6 Å². The molecule has 0 bridgehead atoms. The van der Waals surface area contributed by atoms with Crippen LogP contribution in [0.25, 0.3) is 0 Å². The number of rotatable bonds is 6. The Kier molecular flexibility index (Phi) is 5.81. The van der Waals surface area contributed by atoms with Gasteiger partial charge >= 0.3 is 0 Å². The van der Waals surface area contributed by atoms with Crippen LogP contribution in [0.4, 0.5) is 0 Å². The van der Waals surface area contributed by atoms with Crippen LogP contribution in [0.1, 0.15) is 34.0 Å². The second-order valence-electron chi connectivity index (χ2n) is 4.94. The van der Waals surface area contributed by atoms with E-state index in [0.29, 0.717) is 0 Å². The van der Waals surface area contributed by atoms with Crippen molar-refractivity contribution in [3.63, 3.8) is 0 Å². The molecule has 0 N–H and O–H groups in total. The lowest BCUT2D eigenvalue weighted by atomic mass is 10.0. The standard InChI is InChI=1S/C18H21BrO/c1-3-14-4-8-16(9-5-14)18(19)17-10-6-15(7-11-17)12-13-20-2/h4-11,18H,3,12-13H2,1-2H3. The molecule has 2 aromatic carbocycles. The molecule has 2 aromatic rings. The summed E-state index contributed by atoms with van der Waals surface area (Å²) in [6.07, 6.45) is 2.05. The monoisotopic (exact) mass is 332 g/mol. The molecule has 0 amide bonds. The van der Waals surface area contributed by atoms with Crippen LogP contribution in [0, 0.1) is 0 Å². The minimum Gasteiger partial charge on any atom is -0.384 e. The van der Waals surface area contributed by atoms with Gasteiger partial charge in [-0.1, -0.05) is 71.4 Å².